The second-order valence-electron chi connectivity index (χ2n) is 4.23. The first kappa shape index (κ1) is 15.4. The Labute approximate surface area is 127 Å². The van der Waals surface area contributed by atoms with Gasteiger partial charge in [0.15, 0.2) is 6.61 Å². The largest absolute Gasteiger partial charge is 0.483 e. The van der Waals surface area contributed by atoms with Gasteiger partial charge in [-0.2, -0.15) is 0 Å². The van der Waals surface area contributed by atoms with Crippen molar-refractivity contribution in [3.8, 4) is 5.75 Å². The van der Waals surface area contributed by atoms with Crippen LogP contribution in [-0.2, 0) is 13.2 Å². The number of aromatic nitrogens is 2. The summed E-state index contributed by atoms with van der Waals surface area (Å²) in [5.74, 6) is 2.29. The standard InChI is InChI=1S/C14H17N3O3S/c1-3-16-13(15-9-14(16)17(18)19)10-20-11-5-7-12(8-6-11)21-4-2/h5-9H,3-4,10H2,1-2H3. The van der Waals surface area contributed by atoms with Gasteiger partial charge in [-0.1, -0.05) is 6.92 Å². The molecule has 0 aliphatic rings. The van der Waals surface area contributed by atoms with E-state index in [4.69, 9.17) is 4.74 Å². The molecular weight excluding hydrogens is 290 g/mol. The number of hydrogen-bond acceptors (Lipinski definition) is 5. The molecule has 0 N–H and O–H groups in total. The number of hydrogen-bond donors (Lipinski definition) is 0. The molecule has 0 bridgehead atoms. The van der Waals surface area contributed by atoms with E-state index in [0.29, 0.717) is 12.4 Å². The highest BCUT2D eigenvalue weighted by Gasteiger charge is 2.18. The highest BCUT2D eigenvalue weighted by Crippen LogP contribution is 2.22. The summed E-state index contributed by atoms with van der Waals surface area (Å²) in [5, 5.41) is 10.9. The summed E-state index contributed by atoms with van der Waals surface area (Å²) in [4.78, 5) is 15.7. The zero-order valence-electron chi connectivity index (χ0n) is 12.0. The lowest BCUT2D eigenvalue weighted by atomic mass is 10.3. The van der Waals surface area contributed by atoms with E-state index in [0.717, 1.165) is 11.5 Å². The van der Waals surface area contributed by atoms with Crippen molar-refractivity contribution in [1.29, 1.82) is 0 Å². The molecule has 0 amide bonds. The van der Waals surface area contributed by atoms with Crippen LogP contribution in [0.5, 0.6) is 5.75 Å². The SMILES string of the molecule is CCSc1ccc(OCc2ncc([N+](=O)[O-])n2CC)cc1. The van der Waals surface area contributed by atoms with Crippen molar-refractivity contribution < 1.29 is 9.66 Å². The molecule has 1 aromatic heterocycles. The monoisotopic (exact) mass is 307 g/mol. The second kappa shape index (κ2) is 7.12. The van der Waals surface area contributed by atoms with Crippen molar-refractivity contribution in [3.63, 3.8) is 0 Å². The van der Waals surface area contributed by atoms with E-state index in [1.807, 2.05) is 31.2 Å². The maximum absolute atomic E-state index is 10.9. The minimum absolute atomic E-state index is 0.00852. The molecule has 21 heavy (non-hydrogen) atoms. The van der Waals surface area contributed by atoms with Crippen LogP contribution < -0.4 is 4.74 Å². The summed E-state index contributed by atoms with van der Waals surface area (Å²) >= 11 is 1.76. The maximum Gasteiger partial charge on any atom is 0.342 e. The molecule has 2 aromatic rings. The molecule has 0 spiro atoms. The Hall–Kier alpha value is -2.02. The third kappa shape index (κ3) is 3.75. The summed E-state index contributed by atoms with van der Waals surface area (Å²) in [6, 6.07) is 7.79. The number of benzene rings is 1. The number of rotatable bonds is 7. The summed E-state index contributed by atoms with van der Waals surface area (Å²) < 4.78 is 7.19. The van der Waals surface area contributed by atoms with Crippen molar-refractivity contribution in [2.24, 2.45) is 0 Å². The van der Waals surface area contributed by atoms with E-state index >= 15 is 0 Å². The Kier molecular flexibility index (Phi) is 5.21. The third-order valence-corrected chi connectivity index (χ3v) is 3.82. The molecule has 7 heteroatoms. The molecule has 0 fully saturated rings. The van der Waals surface area contributed by atoms with Gasteiger partial charge in [0.2, 0.25) is 5.82 Å². The molecular formula is C14H17N3O3S. The van der Waals surface area contributed by atoms with Crippen LogP contribution in [0.2, 0.25) is 0 Å². The quantitative estimate of drug-likeness (QED) is 0.445. The zero-order valence-corrected chi connectivity index (χ0v) is 12.8. The molecule has 0 aliphatic carbocycles. The predicted molar refractivity (Wildman–Crippen MR) is 81.7 cm³/mol. The van der Waals surface area contributed by atoms with Gasteiger partial charge in [0.1, 0.15) is 11.9 Å². The highest BCUT2D eigenvalue weighted by molar-refractivity contribution is 7.99. The lowest BCUT2D eigenvalue weighted by Gasteiger charge is -2.06. The Bertz CT molecular complexity index is 610. The maximum atomic E-state index is 10.9. The van der Waals surface area contributed by atoms with Crippen LogP contribution >= 0.6 is 11.8 Å². The molecule has 1 aromatic carbocycles. The van der Waals surface area contributed by atoms with Crippen molar-refractivity contribution in [3.05, 3.63) is 46.4 Å². The van der Waals surface area contributed by atoms with Crippen LogP contribution in [0.1, 0.15) is 19.7 Å². The topological polar surface area (TPSA) is 70.2 Å². The van der Waals surface area contributed by atoms with Gasteiger partial charge < -0.3 is 14.9 Å². The van der Waals surface area contributed by atoms with Gasteiger partial charge >= 0.3 is 5.82 Å². The number of imidazole rings is 1. The van der Waals surface area contributed by atoms with Gasteiger partial charge in [-0.15, -0.1) is 11.8 Å². The minimum Gasteiger partial charge on any atom is -0.483 e. The van der Waals surface area contributed by atoms with Gasteiger partial charge in [-0.3, -0.25) is 0 Å². The highest BCUT2D eigenvalue weighted by atomic mass is 32.2. The smallest absolute Gasteiger partial charge is 0.342 e. The predicted octanol–water partition coefficient (Wildman–Crippen LogP) is 3.50. The normalized spacial score (nSPS) is 10.6. The Morgan fingerprint density at radius 2 is 2.05 bits per heavy atom. The number of ether oxygens (including phenoxy) is 1. The zero-order chi connectivity index (χ0) is 15.2. The van der Waals surface area contributed by atoms with Crippen LogP contribution in [0.3, 0.4) is 0 Å². The van der Waals surface area contributed by atoms with Gasteiger partial charge in [0.05, 0.1) is 6.54 Å². The Morgan fingerprint density at radius 3 is 2.62 bits per heavy atom. The van der Waals surface area contributed by atoms with Gasteiger partial charge in [0.25, 0.3) is 0 Å². The fourth-order valence-electron chi connectivity index (χ4n) is 1.96. The van der Waals surface area contributed by atoms with Gasteiger partial charge in [-0.25, -0.2) is 9.55 Å². The average molecular weight is 307 g/mol. The molecule has 2 rings (SSSR count). The fraction of sp³-hybridized carbons (Fsp3) is 0.357. The Morgan fingerprint density at radius 1 is 1.33 bits per heavy atom. The summed E-state index contributed by atoms with van der Waals surface area (Å²) in [7, 11) is 0. The van der Waals surface area contributed by atoms with Crippen molar-refractivity contribution >= 4 is 17.6 Å². The first-order valence-corrected chi connectivity index (χ1v) is 7.68. The van der Waals surface area contributed by atoms with Crippen LogP contribution in [0.4, 0.5) is 5.82 Å². The van der Waals surface area contributed by atoms with E-state index in [1.165, 1.54) is 11.1 Å². The average Bonchev–Trinajstić information content (AvgIpc) is 2.90. The molecule has 1 heterocycles. The summed E-state index contributed by atoms with van der Waals surface area (Å²) in [6.07, 6.45) is 1.27. The van der Waals surface area contributed by atoms with Crippen LogP contribution in [-0.4, -0.2) is 20.2 Å². The molecule has 0 atom stereocenters. The van der Waals surface area contributed by atoms with Crippen molar-refractivity contribution in [2.75, 3.05) is 5.75 Å². The van der Waals surface area contributed by atoms with Crippen LogP contribution in [0.15, 0.2) is 35.4 Å². The Balaban J connectivity index is 2.04. The first-order valence-electron chi connectivity index (χ1n) is 6.70. The van der Waals surface area contributed by atoms with E-state index in [9.17, 15) is 10.1 Å². The van der Waals surface area contributed by atoms with Crippen LogP contribution in [0, 0.1) is 10.1 Å². The van der Waals surface area contributed by atoms with Crippen molar-refractivity contribution in [2.45, 2.75) is 31.9 Å². The number of thioether (sulfide) groups is 1. The fourth-order valence-corrected chi connectivity index (χ4v) is 2.62. The third-order valence-electron chi connectivity index (χ3n) is 2.92. The second-order valence-corrected chi connectivity index (χ2v) is 5.56. The van der Waals surface area contributed by atoms with Gasteiger partial charge in [0, 0.05) is 4.90 Å². The lowest BCUT2D eigenvalue weighted by Crippen LogP contribution is -2.08. The lowest BCUT2D eigenvalue weighted by molar-refractivity contribution is -0.392. The molecule has 112 valence electrons. The molecule has 0 saturated carbocycles. The van der Waals surface area contributed by atoms with Crippen molar-refractivity contribution in [1.82, 2.24) is 9.55 Å². The molecule has 0 unspecified atom stereocenters. The van der Waals surface area contributed by atoms with E-state index in [-0.39, 0.29) is 12.4 Å². The van der Waals surface area contributed by atoms with E-state index in [1.54, 1.807) is 16.3 Å². The molecule has 0 aliphatic heterocycles. The molecule has 6 nitrogen and oxygen atoms in total. The van der Waals surface area contributed by atoms with Crippen LogP contribution in [0.25, 0.3) is 0 Å². The molecule has 0 radical (unpaired) electrons. The van der Waals surface area contributed by atoms with E-state index < -0.39 is 4.92 Å². The summed E-state index contributed by atoms with van der Waals surface area (Å²) in [5.41, 5.74) is 0. The van der Waals surface area contributed by atoms with Gasteiger partial charge in [-0.05, 0) is 41.9 Å². The summed E-state index contributed by atoms with van der Waals surface area (Å²) in [6.45, 7) is 4.64. The molecule has 0 saturated heterocycles. The minimum atomic E-state index is -0.434. The number of nitro groups is 1. The number of nitrogens with zero attached hydrogens (tertiary/aromatic N) is 3. The van der Waals surface area contributed by atoms with E-state index in [2.05, 4.69) is 11.9 Å². The first-order chi connectivity index (χ1) is 10.2.